The quantitative estimate of drug-likeness (QED) is 0.399. The number of amides is 2. The van der Waals surface area contributed by atoms with Crippen molar-refractivity contribution in [3.05, 3.63) is 63.6 Å². The van der Waals surface area contributed by atoms with Crippen LogP contribution in [0, 0.1) is 0 Å². The van der Waals surface area contributed by atoms with Crippen LogP contribution < -0.4 is 9.62 Å². The molecule has 2 aromatic rings. The summed E-state index contributed by atoms with van der Waals surface area (Å²) in [6, 6.07) is 8.20. The van der Waals surface area contributed by atoms with Crippen molar-refractivity contribution in [3.63, 3.8) is 0 Å². The third kappa shape index (κ3) is 8.25. The van der Waals surface area contributed by atoms with Crippen molar-refractivity contribution in [3.8, 4) is 0 Å². The second-order valence-electron chi connectivity index (χ2n) is 9.56. The molecule has 0 saturated heterocycles. The molecule has 1 aliphatic carbocycles. The van der Waals surface area contributed by atoms with Gasteiger partial charge in [-0.05, 0) is 49.6 Å². The largest absolute Gasteiger partial charge is 0.417 e. The average molecular weight is 609 g/mol. The minimum absolute atomic E-state index is 0.0339. The number of sulfonamides is 1. The Labute approximate surface area is 236 Å². The van der Waals surface area contributed by atoms with Gasteiger partial charge >= 0.3 is 6.18 Å². The molecule has 0 heterocycles. The summed E-state index contributed by atoms with van der Waals surface area (Å²) in [5.41, 5.74) is -1.11. The van der Waals surface area contributed by atoms with Gasteiger partial charge in [-0.2, -0.15) is 13.2 Å². The van der Waals surface area contributed by atoms with Gasteiger partial charge in [0.1, 0.15) is 12.6 Å². The summed E-state index contributed by atoms with van der Waals surface area (Å²) in [6.07, 6.45) is 0.606. The van der Waals surface area contributed by atoms with Crippen LogP contribution in [-0.4, -0.2) is 50.0 Å². The molecule has 0 aromatic heterocycles. The molecule has 39 heavy (non-hydrogen) atoms. The standard InChI is InChI=1S/C26H30Cl2F3N3O4S/c1-17(25(36)32-19-9-4-3-5-10-19)33(15-18-8-6-7-11-22(18)27)24(35)16-34(39(2,37)38)20-12-13-23(28)21(14-20)26(29,30)31/h6-8,11-14,17,19H,3-5,9-10,15-16H2,1-2H3,(H,32,36)/t17-/m0/s1. The van der Waals surface area contributed by atoms with Crippen molar-refractivity contribution in [2.75, 3.05) is 17.1 Å². The molecule has 214 valence electrons. The molecule has 0 unspecified atom stereocenters. The van der Waals surface area contributed by atoms with Gasteiger partial charge in [-0.3, -0.25) is 13.9 Å². The van der Waals surface area contributed by atoms with Gasteiger partial charge in [0.2, 0.25) is 21.8 Å². The highest BCUT2D eigenvalue weighted by atomic mass is 35.5. The van der Waals surface area contributed by atoms with Crippen LogP contribution in [0.4, 0.5) is 18.9 Å². The molecular weight excluding hydrogens is 578 g/mol. The monoisotopic (exact) mass is 607 g/mol. The fraction of sp³-hybridized carbons (Fsp3) is 0.462. The molecule has 2 aromatic carbocycles. The smallest absolute Gasteiger partial charge is 0.352 e. The lowest BCUT2D eigenvalue weighted by atomic mass is 9.95. The van der Waals surface area contributed by atoms with Crippen molar-refractivity contribution in [1.82, 2.24) is 10.2 Å². The molecule has 1 fully saturated rings. The van der Waals surface area contributed by atoms with Gasteiger partial charge in [0.05, 0.1) is 22.5 Å². The van der Waals surface area contributed by atoms with E-state index in [9.17, 15) is 31.2 Å². The molecule has 1 N–H and O–H groups in total. The first-order valence-electron chi connectivity index (χ1n) is 12.4. The van der Waals surface area contributed by atoms with E-state index in [1.54, 1.807) is 24.3 Å². The summed E-state index contributed by atoms with van der Waals surface area (Å²) >= 11 is 12.0. The topological polar surface area (TPSA) is 86.8 Å². The maximum atomic E-state index is 13.6. The number of carbonyl (C=O) groups is 2. The number of hydrogen-bond acceptors (Lipinski definition) is 4. The zero-order valence-corrected chi connectivity index (χ0v) is 23.8. The van der Waals surface area contributed by atoms with Gasteiger partial charge in [-0.15, -0.1) is 0 Å². The molecule has 1 aliphatic rings. The van der Waals surface area contributed by atoms with Crippen molar-refractivity contribution < 1.29 is 31.2 Å². The Bertz CT molecular complexity index is 1300. The summed E-state index contributed by atoms with van der Waals surface area (Å²) in [4.78, 5) is 28.0. The normalized spacial score (nSPS) is 15.5. The minimum atomic E-state index is -4.85. The maximum absolute atomic E-state index is 13.6. The summed E-state index contributed by atoms with van der Waals surface area (Å²) < 4.78 is 66.3. The van der Waals surface area contributed by atoms with Gasteiger partial charge in [0, 0.05) is 17.6 Å². The molecule has 0 spiro atoms. The molecule has 1 atom stereocenters. The molecule has 0 aliphatic heterocycles. The SMILES string of the molecule is C[C@@H](C(=O)NC1CCCCC1)N(Cc1ccccc1Cl)C(=O)CN(c1ccc(Cl)c(C(F)(F)F)c1)S(C)(=O)=O. The van der Waals surface area contributed by atoms with Crippen LogP contribution in [0.2, 0.25) is 10.0 Å². The predicted octanol–water partition coefficient (Wildman–Crippen LogP) is 5.64. The summed E-state index contributed by atoms with van der Waals surface area (Å²) in [6.45, 7) is 0.550. The molecule has 2 amide bonds. The summed E-state index contributed by atoms with van der Waals surface area (Å²) in [5, 5.41) is 2.69. The highest BCUT2D eigenvalue weighted by Gasteiger charge is 2.36. The number of halogens is 5. The number of anilines is 1. The lowest BCUT2D eigenvalue weighted by Gasteiger charge is -2.33. The molecule has 3 rings (SSSR count). The molecule has 1 saturated carbocycles. The van der Waals surface area contributed by atoms with Gasteiger partial charge < -0.3 is 10.2 Å². The number of benzene rings is 2. The first kappa shape index (κ1) is 31.0. The van der Waals surface area contributed by atoms with Crippen LogP contribution in [0.15, 0.2) is 42.5 Å². The molecule has 13 heteroatoms. The van der Waals surface area contributed by atoms with E-state index in [0.717, 1.165) is 50.5 Å². The van der Waals surface area contributed by atoms with Gasteiger partial charge in [0.25, 0.3) is 0 Å². The first-order chi connectivity index (χ1) is 18.2. The maximum Gasteiger partial charge on any atom is 0.417 e. The third-order valence-corrected chi connectivity index (χ3v) is 8.48. The van der Waals surface area contributed by atoms with Crippen LogP contribution in [0.5, 0.6) is 0 Å². The molecule has 0 radical (unpaired) electrons. The molecular formula is C26H30Cl2F3N3O4S. The van der Waals surface area contributed by atoms with Crippen LogP contribution in [-0.2, 0) is 32.3 Å². The predicted molar refractivity (Wildman–Crippen MR) is 145 cm³/mol. The van der Waals surface area contributed by atoms with E-state index in [2.05, 4.69) is 5.32 Å². The van der Waals surface area contributed by atoms with E-state index in [4.69, 9.17) is 23.2 Å². The number of nitrogens with zero attached hydrogens (tertiary/aromatic N) is 2. The second-order valence-corrected chi connectivity index (χ2v) is 12.3. The van der Waals surface area contributed by atoms with E-state index in [0.29, 0.717) is 21.0 Å². The van der Waals surface area contributed by atoms with Crippen LogP contribution >= 0.6 is 23.2 Å². The fourth-order valence-corrected chi connectivity index (χ4v) is 5.72. The number of rotatable bonds is 9. The number of carbonyl (C=O) groups excluding carboxylic acids is 2. The Morgan fingerprint density at radius 3 is 2.28 bits per heavy atom. The fourth-order valence-electron chi connectivity index (χ4n) is 4.46. The number of hydrogen-bond donors (Lipinski definition) is 1. The second kappa shape index (κ2) is 12.8. The Hall–Kier alpha value is -2.50. The Kier molecular flexibility index (Phi) is 10.2. The lowest BCUT2D eigenvalue weighted by Crippen LogP contribution is -2.53. The minimum Gasteiger partial charge on any atom is -0.352 e. The highest BCUT2D eigenvalue weighted by Crippen LogP contribution is 2.37. The number of nitrogens with one attached hydrogen (secondary N) is 1. The summed E-state index contributed by atoms with van der Waals surface area (Å²) in [7, 11) is -4.22. The molecule has 0 bridgehead atoms. The third-order valence-electron chi connectivity index (χ3n) is 6.64. The van der Waals surface area contributed by atoms with Crippen molar-refractivity contribution in [2.24, 2.45) is 0 Å². The van der Waals surface area contributed by atoms with E-state index in [1.807, 2.05) is 0 Å². The van der Waals surface area contributed by atoms with Crippen molar-refractivity contribution >= 4 is 50.7 Å². The molecule has 7 nitrogen and oxygen atoms in total. The first-order valence-corrected chi connectivity index (χ1v) is 15.0. The Balaban J connectivity index is 1.94. The van der Waals surface area contributed by atoms with E-state index in [-0.39, 0.29) is 18.3 Å². The van der Waals surface area contributed by atoms with Crippen LogP contribution in [0.1, 0.15) is 50.2 Å². The van der Waals surface area contributed by atoms with Gasteiger partial charge in [0.15, 0.2) is 0 Å². The van der Waals surface area contributed by atoms with Crippen LogP contribution in [0.25, 0.3) is 0 Å². The van der Waals surface area contributed by atoms with E-state index in [1.165, 1.54) is 11.8 Å². The van der Waals surface area contributed by atoms with Crippen molar-refractivity contribution in [2.45, 2.75) is 63.8 Å². The highest BCUT2D eigenvalue weighted by molar-refractivity contribution is 7.92. The van der Waals surface area contributed by atoms with Crippen molar-refractivity contribution in [1.29, 1.82) is 0 Å². The Morgan fingerprint density at radius 1 is 1.05 bits per heavy atom. The number of alkyl halides is 3. The van der Waals surface area contributed by atoms with Crippen LogP contribution in [0.3, 0.4) is 0 Å². The zero-order chi connectivity index (χ0) is 29.0. The van der Waals surface area contributed by atoms with Gasteiger partial charge in [-0.1, -0.05) is 60.7 Å². The lowest BCUT2D eigenvalue weighted by molar-refractivity contribution is -0.139. The Morgan fingerprint density at radius 2 is 1.69 bits per heavy atom. The van der Waals surface area contributed by atoms with E-state index < -0.39 is 51.2 Å². The zero-order valence-electron chi connectivity index (χ0n) is 21.5. The van der Waals surface area contributed by atoms with E-state index >= 15 is 0 Å². The summed E-state index contributed by atoms with van der Waals surface area (Å²) in [5.74, 6) is -1.21. The van der Waals surface area contributed by atoms with Gasteiger partial charge in [-0.25, -0.2) is 8.42 Å². The average Bonchev–Trinajstić information content (AvgIpc) is 2.86.